The van der Waals surface area contributed by atoms with Gasteiger partial charge in [-0.2, -0.15) is 0 Å². The van der Waals surface area contributed by atoms with E-state index in [4.69, 9.17) is 10.5 Å². The summed E-state index contributed by atoms with van der Waals surface area (Å²) in [5, 5.41) is 11.1. The number of anilines is 1. The maximum Gasteiger partial charge on any atom is 0.325 e. The quantitative estimate of drug-likeness (QED) is 0.518. The van der Waals surface area contributed by atoms with Crippen LogP contribution in [0.4, 0.5) is 5.69 Å². The fourth-order valence-corrected chi connectivity index (χ4v) is 4.27. The van der Waals surface area contributed by atoms with Crippen molar-refractivity contribution in [1.82, 2.24) is 9.88 Å². The third-order valence-electron chi connectivity index (χ3n) is 5.87. The molecule has 0 amide bonds. The maximum absolute atomic E-state index is 12.2. The number of benzene rings is 2. The van der Waals surface area contributed by atoms with Gasteiger partial charge in [0, 0.05) is 49.0 Å². The van der Waals surface area contributed by atoms with Crippen LogP contribution < -0.4 is 15.4 Å². The van der Waals surface area contributed by atoms with Gasteiger partial charge in [0.15, 0.2) is 0 Å². The van der Waals surface area contributed by atoms with Crippen molar-refractivity contribution in [2.24, 2.45) is 5.73 Å². The number of nitrogens with two attached hydrogens (primary N) is 1. The predicted octanol–water partition coefficient (Wildman–Crippen LogP) is 3.05. The molecule has 8 heteroatoms. The SMILES string of the molecule is COc1ccc(N2CCN(C(C(=O)O)c3ccc4[nH]cc(CCN)c4c3)CC2)cc1.Cl. The Kier molecular flexibility index (Phi) is 7.43. The first kappa shape index (κ1) is 22.9. The third-order valence-corrected chi connectivity index (χ3v) is 5.87. The number of hydrogen-bond donors (Lipinski definition) is 3. The van der Waals surface area contributed by atoms with Crippen molar-refractivity contribution in [2.45, 2.75) is 12.5 Å². The van der Waals surface area contributed by atoms with Crippen LogP contribution in [0.1, 0.15) is 17.2 Å². The van der Waals surface area contributed by atoms with Gasteiger partial charge in [0.2, 0.25) is 0 Å². The Morgan fingerprint density at radius 2 is 1.87 bits per heavy atom. The predicted molar refractivity (Wildman–Crippen MR) is 125 cm³/mol. The zero-order chi connectivity index (χ0) is 21.1. The van der Waals surface area contributed by atoms with Crippen molar-refractivity contribution in [3.05, 3.63) is 59.8 Å². The molecule has 166 valence electrons. The van der Waals surface area contributed by atoms with Gasteiger partial charge in [0.25, 0.3) is 0 Å². The molecule has 1 atom stereocenters. The number of carbonyl (C=O) groups is 1. The molecule has 1 aliphatic rings. The standard InChI is InChI=1S/C23H28N4O3.ClH/c1-30-19-5-3-18(4-6-19)26-10-12-27(13-11-26)22(23(28)29)16-2-7-21-20(14-16)17(8-9-24)15-25-21;/h2-7,14-15,22,25H,8-13,24H2,1H3,(H,28,29);1H. The Balaban J connectivity index is 0.00000272. The van der Waals surface area contributed by atoms with E-state index in [1.165, 1.54) is 0 Å². The highest BCUT2D eigenvalue weighted by Crippen LogP contribution is 2.29. The lowest BCUT2D eigenvalue weighted by molar-refractivity contribution is -0.143. The monoisotopic (exact) mass is 444 g/mol. The minimum absolute atomic E-state index is 0. The number of ether oxygens (including phenoxy) is 1. The van der Waals surface area contributed by atoms with Crippen LogP contribution in [0.15, 0.2) is 48.7 Å². The van der Waals surface area contributed by atoms with Crippen molar-refractivity contribution in [3.8, 4) is 5.75 Å². The highest BCUT2D eigenvalue weighted by Gasteiger charge is 2.30. The van der Waals surface area contributed by atoms with E-state index in [1.54, 1.807) is 7.11 Å². The summed E-state index contributed by atoms with van der Waals surface area (Å²) >= 11 is 0. The average molecular weight is 445 g/mol. The largest absolute Gasteiger partial charge is 0.497 e. The van der Waals surface area contributed by atoms with Gasteiger partial charge in [-0.05, 0) is 60.5 Å². The van der Waals surface area contributed by atoms with Crippen molar-refractivity contribution >= 4 is 35.0 Å². The first-order valence-electron chi connectivity index (χ1n) is 10.3. The van der Waals surface area contributed by atoms with Crippen LogP contribution in [0.25, 0.3) is 10.9 Å². The molecule has 7 nitrogen and oxygen atoms in total. The summed E-state index contributed by atoms with van der Waals surface area (Å²) in [5.41, 5.74) is 9.80. The van der Waals surface area contributed by atoms with E-state index in [9.17, 15) is 9.90 Å². The fourth-order valence-electron chi connectivity index (χ4n) is 4.27. The number of halogens is 1. The van der Waals surface area contributed by atoms with Gasteiger partial charge in [0.1, 0.15) is 11.8 Å². The molecule has 4 N–H and O–H groups in total. The Morgan fingerprint density at radius 3 is 2.48 bits per heavy atom. The topological polar surface area (TPSA) is 94.8 Å². The molecular formula is C23H29ClN4O3. The lowest BCUT2D eigenvalue weighted by Gasteiger charge is -2.39. The molecule has 2 heterocycles. The van der Waals surface area contributed by atoms with E-state index in [1.807, 2.05) is 48.7 Å². The molecule has 1 fully saturated rings. The van der Waals surface area contributed by atoms with Crippen LogP contribution in [-0.2, 0) is 11.2 Å². The average Bonchev–Trinajstić information content (AvgIpc) is 3.17. The van der Waals surface area contributed by atoms with Crippen molar-refractivity contribution in [1.29, 1.82) is 0 Å². The number of carboxylic acids is 1. The smallest absolute Gasteiger partial charge is 0.325 e. The number of aromatic amines is 1. The minimum atomic E-state index is -0.817. The second-order valence-corrected chi connectivity index (χ2v) is 7.62. The van der Waals surface area contributed by atoms with E-state index in [-0.39, 0.29) is 12.4 Å². The molecule has 1 saturated heterocycles. The van der Waals surface area contributed by atoms with Gasteiger partial charge in [-0.25, -0.2) is 0 Å². The van der Waals surface area contributed by atoms with Gasteiger partial charge in [0.05, 0.1) is 7.11 Å². The first-order chi connectivity index (χ1) is 14.6. The van der Waals surface area contributed by atoms with Crippen LogP contribution in [0.5, 0.6) is 5.75 Å². The van der Waals surface area contributed by atoms with Gasteiger partial charge < -0.3 is 25.5 Å². The molecule has 0 radical (unpaired) electrons. The molecular weight excluding hydrogens is 416 g/mol. The molecule has 0 saturated carbocycles. The van der Waals surface area contributed by atoms with Crippen LogP contribution in [0, 0.1) is 0 Å². The summed E-state index contributed by atoms with van der Waals surface area (Å²) in [6, 6.07) is 13.2. The molecule has 31 heavy (non-hydrogen) atoms. The molecule has 1 aliphatic heterocycles. The fraction of sp³-hybridized carbons (Fsp3) is 0.348. The van der Waals surface area contributed by atoms with Crippen LogP contribution in [0.2, 0.25) is 0 Å². The zero-order valence-electron chi connectivity index (χ0n) is 17.6. The molecule has 1 unspecified atom stereocenters. The van der Waals surface area contributed by atoms with E-state index < -0.39 is 12.0 Å². The number of fused-ring (bicyclic) bond motifs is 1. The second-order valence-electron chi connectivity index (χ2n) is 7.62. The molecule has 3 aromatic rings. The minimum Gasteiger partial charge on any atom is -0.497 e. The van der Waals surface area contributed by atoms with Gasteiger partial charge >= 0.3 is 5.97 Å². The highest BCUT2D eigenvalue weighted by atomic mass is 35.5. The third kappa shape index (κ3) is 4.79. The van der Waals surface area contributed by atoms with E-state index in [0.29, 0.717) is 19.6 Å². The molecule has 0 bridgehead atoms. The number of aliphatic carboxylic acids is 1. The molecule has 0 spiro atoms. The lowest BCUT2D eigenvalue weighted by atomic mass is 10.0. The zero-order valence-corrected chi connectivity index (χ0v) is 18.4. The second kappa shape index (κ2) is 10.0. The highest BCUT2D eigenvalue weighted by molar-refractivity contribution is 5.86. The molecule has 1 aromatic heterocycles. The summed E-state index contributed by atoms with van der Waals surface area (Å²) in [5.74, 6) is 0.0145. The van der Waals surface area contributed by atoms with Crippen LogP contribution in [0.3, 0.4) is 0 Å². The number of carboxylic acid groups (broad SMARTS) is 1. The first-order valence-corrected chi connectivity index (χ1v) is 10.3. The van der Waals surface area contributed by atoms with E-state index in [0.717, 1.165) is 53.0 Å². The van der Waals surface area contributed by atoms with Crippen LogP contribution >= 0.6 is 12.4 Å². The Labute approximate surface area is 188 Å². The van der Waals surface area contributed by atoms with Crippen molar-refractivity contribution in [2.75, 3.05) is 44.7 Å². The summed E-state index contributed by atoms with van der Waals surface area (Å²) in [6.45, 7) is 3.49. The number of piperazine rings is 1. The van der Waals surface area contributed by atoms with E-state index in [2.05, 4.69) is 14.8 Å². The Hall–Kier alpha value is -2.74. The van der Waals surface area contributed by atoms with E-state index >= 15 is 0 Å². The van der Waals surface area contributed by atoms with Gasteiger partial charge in [-0.1, -0.05) is 6.07 Å². The number of hydrogen-bond acceptors (Lipinski definition) is 5. The summed E-state index contributed by atoms with van der Waals surface area (Å²) in [7, 11) is 1.66. The molecule has 0 aliphatic carbocycles. The number of aromatic nitrogens is 1. The Bertz CT molecular complexity index is 1010. The number of H-pyrrole nitrogens is 1. The maximum atomic E-state index is 12.2. The number of methoxy groups -OCH3 is 1. The normalized spacial score (nSPS) is 15.5. The number of nitrogens with zero attached hydrogens (tertiary/aromatic N) is 2. The molecule has 4 rings (SSSR count). The summed E-state index contributed by atoms with van der Waals surface area (Å²) in [6.07, 6.45) is 2.73. The van der Waals surface area contributed by atoms with Gasteiger partial charge in [-0.3, -0.25) is 9.69 Å². The summed E-state index contributed by atoms with van der Waals surface area (Å²) < 4.78 is 5.23. The molecule has 2 aromatic carbocycles. The Morgan fingerprint density at radius 1 is 1.16 bits per heavy atom. The number of nitrogens with one attached hydrogen (secondary N) is 1. The lowest BCUT2D eigenvalue weighted by Crippen LogP contribution is -2.49. The van der Waals surface area contributed by atoms with Crippen molar-refractivity contribution in [3.63, 3.8) is 0 Å². The van der Waals surface area contributed by atoms with Gasteiger partial charge in [-0.15, -0.1) is 12.4 Å². The van der Waals surface area contributed by atoms with Crippen LogP contribution in [-0.4, -0.2) is 60.8 Å². The summed E-state index contributed by atoms with van der Waals surface area (Å²) in [4.78, 5) is 19.8. The van der Waals surface area contributed by atoms with Crippen molar-refractivity contribution < 1.29 is 14.6 Å². The number of rotatable bonds is 7.